The number of aromatic nitrogens is 1. The van der Waals surface area contributed by atoms with E-state index in [0.717, 1.165) is 29.8 Å². The summed E-state index contributed by atoms with van der Waals surface area (Å²) in [5.41, 5.74) is 1.75. The molecule has 7 nitrogen and oxygen atoms in total. The number of nitrogens with zero attached hydrogens (tertiary/aromatic N) is 2. The van der Waals surface area contributed by atoms with E-state index in [1.165, 1.54) is 0 Å². The summed E-state index contributed by atoms with van der Waals surface area (Å²) >= 11 is 0. The number of methoxy groups -OCH3 is 1. The Morgan fingerprint density at radius 1 is 1.16 bits per heavy atom. The van der Waals surface area contributed by atoms with E-state index in [-0.39, 0.29) is 24.2 Å². The van der Waals surface area contributed by atoms with E-state index in [9.17, 15) is 9.59 Å². The highest BCUT2D eigenvalue weighted by Gasteiger charge is 2.35. The van der Waals surface area contributed by atoms with Crippen molar-refractivity contribution in [1.29, 1.82) is 0 Å². The molecule has 1 N–H and O–H groups in total. The Kier molecular flexibility index (Phi) is 6.02. The molecule has 1 aromatic heterocycles. The molecule has 1 heterocycles. The molecular weight excluding hydrogens is 394 g/mol. The lowest BCUT2D eigenvalue weighted by molar-refractivity contribution is -0.118. The molecule has 1 atom stereocenters. The molecule has 0 aliphatic heterocycles. The zero-order valence-corrected chi connectivity index (χ0v) is 17.6. The SMILES string of the molecule is COc1ccc(N(C(=O)CNC(=O)c2cc(-c3ccccc3)on2)C(C)C2CC2)cc1. The Balaban J connectivity index is 1.43. The van der Waals surface area contributed by atoms with Gasteiger partial charge in [-0.25, -0.2) is 0 Å². The number of amides is 2. The molecule has 0 saturated heterocycles. The summed E-state index contributed by atoms with van der Waals surface area (Å²) in [6.45, 7) is 1.92. The second-order valence-corrected chi connectivity index (χ2v) is 7.66. The predicted octanol–water partition coefficient (Wildman–Crippen LogP) is 3.91. The summed E-state index contributed by atoms with van der Waals surface area (Å²) in [7, 11) is 1.60. The number of carbonyl (C=O) groups excluding carboxylic acids is 2. The van der Waals surface area contributed by atoms with Crippen molar-refractivity contribution in [2.24, 2.45) is 5.92 Å². The minimum Gasteiger partial charge on any atom is -0.497 e. The molecule has 2 amide bonds. The smallest absolute Gasteiger partial charge is 0.273 e. The highest BCUT2D eigenvalue weighted by molar-refractivity contribution is 6.00. The van der Waals surface area contributed by atoms with Gasteiger partial charge in [-0.15, -0.1) is 0 Å². The quantitative estimate of drug-likeness (QED) is 0.598. The van der Waals surface area contributed by atoms with Crippen molar-refractivity contribution in [1.82, 2.24) is 10.5 Å². The second-order valence-electron chi connectivity index (χ2n) is 7.66. The van der Waals surface area contributed by atoms with E-state index in [1.807, 2.05) is 61.5 Å². The Morgan fingerprint density at radius 2 is 1.87 bits per heavy atom. The maximum absolute atomic E-state index is 13.1. The van der Waals surface area contributed by atoms with Gasteiger partial charge in [0.25, 0.3) is 5.91 Å². The standard InChI is InChI=1S/C24H25N3O4/c1-16(17-8-9-17)27(19-10-12-20(30-2)13-11-19)23(28)15-25-24(29)21-14-22(31-26-21)18-6-4-3-5-7-18/h3-7,10-14,16-17H,8-9,15H2,1-2H3,(H,25,29). The number of ether oxygens (including phenoxy) is 1. The monoisotopic (exact) mass is 419 g/mol. The average molecular weight is 419 g/mol. The van der Waals surface area contributed by atoms with Crippen LogP contribution in [0.2, 0.25) is 0 Å². The fourth-order valence-electron chi connectivity index (χ4n) is 3.59. The van der Waals surface area contributed by atoms with Crippen LogP contribution in [0.4, 0.5) is 5.69 Å². The first kappa shape index (κ1) is 20.7. The van der Waals surface area contributed by atoms with Crippen LogP contribution in [-0.4, -0.2) is 36.7 Å². The van der Waals surface area contributed by atoms with Crippen molar-refractivity contribution in [2.45, 2.75) is 25.8 Å². The first-order chi connectivity index (χ1) is 15.1. The van der Waals surface area contributed by atoms with Crippen molar-refractivity contribution in [2.75, 3.05) is 18.6 Å². The maximum Gasteiger partial charge on any atom is 0.273 e. The van der Waals surface area contributed by atoms with Crippen LogP contribution in [0.3, 0.4) is 0 Å². The van der Waals surface area contributed by atoms with E-state index in [2.05, 4.69) is 10.5 Å². The van der Waals surface area contributed by atoms with Crippen molar-refractivity contribution in [3.63, 3.8) is 0 Å². The molecule has 1 fully saturated rings. The lowest BCUT2D eigenvalue weighted by Crippen LogP contribution is -2.45. The maximum atomic E-state index is 13.1. The van der Waals surface area contributed by atoms with E-state index in [4.69, 9.17) is 9.26 Å². The molecule has 0 bridgehead atoms. The minimum absolute atomic E-state index is 0.0505. The molecular formula is C24H25N3O4. The predicted molar refractivity (Wildman–Crippen MR) is 117 cm³/mol. The van der Waals surface area contributed by atoms with Gasteiger partial charge in [0.1, 0.15) is 5.75 Å². The minimum atomic E-state index is -0.451. The molecule has 0 spiro atoms. The Morgan fingerprint density at radius 3 is 2.52 bits per heavy atom. The highest BCUT2D eigenvalue weighted by atomic mass is 16.5. The normalized spacial score (nSPS) is 14.0. The molecule has 31 heavy (non-hydrogen) atoms. The van der Waals surface area contributed by atoms with Gasteiger partial charge < -0.3 is 19.5 Å². The first-order valence-electron chi connectivity index (χ1n) is 10.3. The van der Waals surface area contributed by atoms with E-state index < -0.39 is 5.91 Å². The summed E-state index contributed by atoms with van der Waals surface area (Å²) in [4.78, 5) is 27.4. The van der Waals surface area contributed by atoms with Crippen molar-refractivity contribution in [3.05, 3.63) is 66.4 Å². The van der Waals surface area contributed by atoms with E-state index >= 15 is 0 Å². The molecule has 1 unspecified atom stereocenters. The van der Waals surface area contributed by atoms with Gasteiger partial charge in [-0.2, -0.15) is 0 Å². The number of hydrogen-bond acceptors (Lipinski definition) is 5. The van der Waals surface area contributed by atoms with Crippen molar-refractivity contribution >= 4 is 17.5 Å². The number of anilines is 1. The third-order valence-electron chi connectivity index (χ3n) is 5.53. The van der Waals surface area contributed by atoms with Gasteiger partial charge in [-0.3, -0.25) is 9.59 Å². The third-order valence-corrected chi connectivity index (χ3v) is 5.53. The van der Waals surface area contributed by atoms with Crippen LogP contribution < -0.4 is 15.0 Å². The zero-order chi connectivity index (χ0) is 21.8. The average Bonchev–Trinajstić information content (AvgIpc) is 3.55. The van der Waals surface area contributed by atoms with Gasteiger partial charge in [0.15, 0.2) is 11.5 Å². The van der Waals surface area contributed by atoms with Crippen molar-refractivity contribution < 1.29 is 18.8 Å². The molecule has 0 radical (unpaired) electrons. The van der Waals surface area contributed by atoms with Crippen LogP contribution >= 0.6 is 0 Å². The number of benzene rings is 2. The highest BCUT2D eigenvalue weighted by Crippen LogP contribution is 2.37. The second kappa shape index (κ2) is 9.04. The number of rotatable bonds is 8. The van der Waals surface area contributed by atoms with Gasteiger partial charge in [-0.05, 0) is 49.9 Å². The van der Waals surface area contributed by atoms with Crippen LogP contribution in [0.15, 0.2) is 65.2 Å². The van der Waals surface area contributed by atoms with Gasteiger partial charge >= 0.3 is 0 Å². The molecule has 1 saturated carbocycles. The number of carbonyl (C=O) groups is 2. The van der Waals surface area contributed by atoms with Crippen LogP contribution in [0.1, 0.15) is 30.3 Å². The summed E-state index contributed by atoms with van der Waals surface area (Å²) in [5.74, 6) is 1.08. The number of nitrogens with one attached hydrogen (secondary N) is 1. The number of hydrogen-bond donors (Lipinski definition) is 1. The molecule has 1 aliphatic rings. The molecule has 3 aromatic rings. The fourth-order valence-corrected chi connectivity index (χ4v) is 3.59. The van der Waals surface area contributed by atoms with Crippen LogP contribution in [0.25, 0.3) is 11.3 Å². The molecule has 4 rings (SSSR count). The molecule has 1 aliphatic carbocycles. The van der Waals surface area contributed by atoms with Gasteiger partial charge in [0.2, 0.25) is 5.91 Å². The summed E-state index contributed by atoms with van der Waals surface area (Å²) in [5, 5.41) is 6.51. The molecule has 7 heteroatoms. The van der Waals surface area contributed by atoms with Crippen molar-refractivity contribution in [3.8, 4) is 17.1 Å². The first-order valence-corrected chi connectivity index (χ1v) is 10.3. The molecule has 2 aromatic carbocycles. The third kappa shape index (κ3) is 4.77. The van der Waals surface area contributed by atoms with Crippen LogP contribution in [-0.2, 0) is 4.79 Å². The lowest BCUT2D eigenvalue weighted by Gasteiger charge is -2.30. The Labute approximate surface area is 181 Å². The van der Waals surface area contributed by atoms with Gasteiger partial charge in [0, 0.05) is 23.4 Å². The topological polar surface area (TPSA) is 84.7 Å². The Hall–Kier alpha value is -3.61. The zero-order valence-electron chi connectivity index (χ0n) is 17.6. The summed E-state index contributed by atoms with van der Waals surface area (Å²) in [6.07, 6.45) is 2.21. The van der Waals surface area contributed by atoms with Gasteiger partial charge in [0.05, 0.1) is 13.7 Å². The summed E-state index contributed by atoms with van der Waals surface area (Å²) < 4.78 is 10.5. The van der Waals surface area contributed by atoms with E-state index in [1.54, 1.807) is 18.1 Å². The largest absolute Gasteiger partial charge is 0.497 e. The Bertz CT molecular complexity index is 1040. The van der Waals surface area contributed by atoms with Gasteiger partial charge in [-0.1, -0.05) is 35.5 Å². The molecule has 160 valence electrons. The van der Waals surface area contributed by atoms with Crippen LogP contribution in [0.5, 0.6) is 5.75 Å². The fraction of sp³-hybridized carbons (Fsp3) is 0.292. The van der Waals surface area contributed by atoms with E-state index in [0.29, 0.717) is 11.7 Å². The van der Waals surface area contributed by atoms with Crippen LogP contribution in [0, 0.1) is 5.92 Å². The summed E-state index contributed by atoms with van der Waals surface area (Å²) in [6, 6.07) is 18.4. The lowest BCUT2D eigenvalue weighted by atomic mass is 10.1.